The molecule has 1 aromatic carbocycles. The first kappa shape index (κ1) is 20.8. The van der Waals surface area contributed by atoms with Gasteiger partial charge in [-0.05, 0) is 34.6 Å². The lowest BCUT2D eigenvalue weighted by Crippen LogP contribution is -2.40. The fourth-order valence-corrected chi connectivity index (χ4v) is 2.84. The maximum Gasteiger partial charge on any atom is 0.353 e. The van der Waals surface area contributed by atoms with Gasteiger partial charge in [-0.1, -0.05) is 41.5 Å². The summed E-state index contributed by atoms with van der Waals surface area (Å²) in [6.45, 7) is 11.7. The van der Waals surface area contributed by atoms with Gasteiger partial charge in [0.15, 0.2) is 12.5 Å². The van der Waals surface area contributed by atoms with Crippen molar-refractivity contribution >= 4 is 18.0 Å². The van der Waals surface area contributed by atoms with Gasteiger partial charge in [0, 0.05) is 18.2 Å². The van der Waals surface area contributed by atoms with Crippen LogP contribution in [0.1, 0.15) is 58.2 Å². The molecule has 3 amide bonds. The number of urea groups is 1. The van der Waals surface area contributed by atoms with E-state index in [0.717, 1.165) is 23.1 Å². The highest BCUT2D eigenvalue weighted by Gasteiger charge is 2.35. The molecule has 1 aliphatic rings. The van der Waals surface area contributed by atoms with Crippen LogP contribution >= 0.6 is 0 Å². The molecule has 7 nitrogen and oxygen atoms in total. The van der Waals surface area contributed by atoms with E-state index < -0.39 is 11.9 Å². The maximum atomic E-state index is 12.4. The topological polar surface area (TPSA) is 90.3 Å². The Kier molecular flexibility index (Phi) is 5.30. The van der Waals surface area contributed by atoms with Gasteiger partial charge in [-0.15, -0.1) is 0 Å². The Labute approximate surface area is 159 Å². The molecule has 1 saturated heterocycles. The summed E-state index contributed by atoms with van der Waals surface area (Å²) in [7, 11) is 1.14. The minimum atomic E-state index is -0.861. The first-order valence-corrected chi connectivity index (χ1v) is 8.74. The number of carbonyl (C=O) groups excluding carboxylic acids is 2. The van der Waals surface area contributed by atoms with Crippen LogP contribution in [0.5, 0.6) is 5.75 Å². The number of hydrogen-bond acceptors (Lipinski definition) is 5. The van der Waals surface area contributed by atoms with Crippen LogP contribution in [0.25, 0.3) is 6.08 Å². The second-order valence-electron chi connectivity index (χ2n) is 8.79. The van der Waals surface area contributed by atoms with E-state index in [1.807, 2.05) is 53.7 Å². The van der Waals surface area contributed by atoms with Gasteiger partial charge in [-0.2, -0.15) is 0 Å². The van der Waals surface area contributed by atoms with E-state index in [0.29, 0.717) is 10.6 Å². The number of amides is 3. The van der Waals surface area contributed by atoms with Crippen LogP contribution in [0, 0.1) is 0 Å². The molecular weight excluding hydrogens is 348 g/mol. The normalized spacial score (nSPS) is 16.7. The maximum absolute atomic E-state index is 12.4. The first-order valence-electron chi connectivity index (χ1n) is 8.74. The van der Waals surface area contributed by atoms with Crippen LogP contribution in [-0.4, -0.2) is 46.0 Å². The van der Waals surface area contributed by atoms with Gasteiger partial charge < -0.3 is 9.84 Å². The van der Waals surface area contributed by atoms with Crippen LogP contribution in [0.3, 0.4) is 0 Å². The van der Waals surface area contributed by atoms with Gasteiger partial charge in [0.1, 0.15) is 5.75 Å². The van der Waals surface area contributed by atoms with Crippen LogP contribution < -0.4 is 0 Å². The highest BCUT2D eigenvalue weighted by atomic mass is 16.5. The summed E-state index contributed by atoms with van der Waals surface area (Å²) in [6, 6.07) is 2.77. The summed E-state index contributed by atoms with van der Waals surface area (Å²) in [4.78, 5) is 25.0. The Bertz CT molecular complexity index is 763. The average Bonchev–Trinajstić information content (AvgIpc) is 2.86. The van der Waals surface area contributed by atoms with Crippen molar-refractivity contribution in [3.05, 3.63) is 34.6 Å². The predicted octanol–water partition coefficient (Wildman–Crippen LogP) is 3.59. The molecule has 148 valence electrons. The Morgan fingerprint density at radius 1 is 1.15 bits per heavy atom. The molecule has 0 spiro atoms. The number of carbonyl (C=O) groups is 2. The zero-order valence-electron chi connectivity index (χ0n) is 17.0. The summed E-state index contributed by atoms with van der Waals surface area (Å²) in [6.07, 6.45) is 1.55. The summed E-state index contributed by atoms with van der Waals surface area (Å²) in [5.41, 5.74) is 1.60. The molecule has 2 N–H and O–H groups in total. The lowest BCUT2D eigenvalue weighted by Gasteiger charge is -2.27. The van der Waals surface area contributed by atoms with Crippen molar-refractivity contribution in [3.63, 3.8) is 0 Å². The molecule has 0 radical (unpaired) electrons. The summed E-state index contributed by atoms with van der Waals surface area (Å²) >= 11 is 0. The standard InChI is InChI=1S/C20H28N2O5/c1-19(2,3)13-8-12(9-14(16(13)23)20(4,5)6)10-15-17(24)22(11-27-15)18(25)21(7)26/h8-10,23,26H,11H2,1-7H3/b15-10-. The number of phenols is 1. The smallest absolute Gasteiger partial charge is 0.353 e. The molecule has 1 aromatic rings. The molecule has 0 aliphatic carbocycles. The predicted molar refractivity (Wildman–Crippen MR) is 101 cm³/mol. The first-order chi connectivity index (χ1) is 12.2. The molecule has 1 aliphatic heterocycles. The Morgan fingerprint density at radius 2 is 1.63 bits per heavy atom. The van der Waals surface area contributed by atoms with Gasteiger partial charge in [0.05, 0.1) is 0 Å². The number of imide groups is 1. The van der Waals surface area contributed by atoms with E-state index in [4.69, 9.17) is 4.74 Å². The summed E-state index contributed by atoms with van der Waals surface area (Å²) < 4.78 is 5.35. The fraction of sp³-hybridized carbons (Fsp3) is 0.500. The van der Waals surface area contributed by atoms with Crippen LogP contribution in [0.4, 0.5) is 4.79 Å². The average molecular weight is 376 g/mol. The molecule has 0 atom stereocenters. The molecule has 0 unspecified atom stereocenters. The van der Waals surface area contributed by atoms with Gasteiger partial charge in [0.25, 0.3) is 5.91 Å². The van der Waals surface area contributed by atoms with E-state index >= 15 is 0 Å². The van der Waals surface area contributed by atoms with Crippen molar-refractivity contribution in [2.24, 2.45) is 0 Å². The van der Waals surface area contributed by atoms with Crippen LogP contribution in [0.2, 0.25) is 0 Å². The van der Waals surface area contributed by atoms with Gasteiger partial charge in [-0.25, -0.2) is 14.8 Å². The largest absolute Gasteiger partial charge is 0.507 e. The van der Waals surface area contributed by atoms with E-state index in [1.54, 1.807) is 6.08 Å². The van der Waals surface area contributed by atoms with Crippen LogP contribution in [-0.2, 0) is 20.4 Å². The van der Waals surface area contributed by atoms with Crippen molar-refractivity contribution in [1.82, 2.24) is 9.96 Å². The molecule has 2 rings (SSSR count). The lowest BCUT2D eigenvalue weighted by atomic mass is 9.78. The minimum absolute atomic E-state index is 0.00982. The monoisotopic (exact) mass is 376 g/mol. The quantitative estimate of drug-likeness (QED) is 0.444. The van der Waals surface area contributed by atoms with E-state index in [1.165, 1.54) is 0 Å². The summed E-state index contributed by atoms with van der Waals surface area (Å²) in [5.74, 6) is -0.367. The molecule has 0 aromatic heterocycles. The number of phenolic OH excluding ortho intramolecular Hbond substituents is 1. The van der Waals surface area contributed by atoms with Crippen molar-refractivity contribution < 1.29 is 24.6 Å². The third-order valence-corrected chi connectivity index (χ3v) is 4.36. The van der Waals surface area contributed by atoms with Crippen molar-refractivity contribution in [2.45, 2.75) is 52.4 Å². The number of aromatic hydroxyl groups is 1. The molecule has 7 heteroatoms. The fourth-order valence-electron chi connectivity index (χ4n) is 2.84. The zero-order chi connectivity index (χ0) is 20.7. The van der Waals surface area contributed by atoms with Gasteiger partial charge >= 0.3 is 6.03 Å². The SMILES string of the molecule is CN(O)C(=O)N1CO/C(=C\c2cc(C(C)(C)C)c(O)c(C(C)(C)C)c2)C1=O. The Hall–Kier alpha value is -2.54. The number of nitrogens with zero attached hydrogens (tertiary/aromatic N) is 2. The highest BCUT2D eigenvalue weighted by Crippen LogP contribution is 2.40. The molecular formula is C20H28N2O5. The molecule has 1 heterocycles. The Morgan fingerprint density at radius 3 is 2.04 bits per heavy atom. The molecule has 27 heavy (non-hydrogen) atoms. The van der Waals surface area contributed by atoms with E-state index in [9.17, 15) is 19.9 Å². The van der Waals surface area contributed by atoms with Crippen LogP contribution in [0.15, 0.2) is 17.9 Å². The zero-order valence-corrected chi connectivity index (χ0v) is 17.0. The minimum Gasteiger partial charge on any atom is -0.507 e. The highest BCUT2D eigenvalue weighted by molar-refractivity contribution is 6.06. The number of hydroxylamine groups is 2. The van der Waals surface area contributed by atoms with Crippen molar-refractivity contribution in [2.75, 3.05) is 13.8 Å². The molecule has 0 saturated carbocycles. The number of ether oxygens (including phenoxy) is 1. The third-order valence-electron chi connectivity index (χ3n) is 4.36. The number of hydrogen-bond donors (Lipinski definition) is 2. The number of benzene rings is 1. The summed E-state index contributed by atoms with van der Waals surface area (Å²) in [5, 5.41) is 20.3. The number of rotatable bonds is 1. The van der Waals surface area contributed by atoms with Crippen molar-refractivity contribution in [3.8, 4) is 5.75 Å². The Balaban J connectivity index is 2.52. The van der Waals surface area contributed by atoms with Gasteiger partial charge in [0.2, 0.25) is 0 Å². The van der Waals surface area contributed by atoms with E-state index in [-0.39, 0.29) is 29.1 Å². The molecule has 1 fully saturated rings. The second-order valence-corrected chi connectivity index (χ2v) is 8.79. The van der Waals surface area contributed by atoms with Crippen molar-refractivity contribution in [1.29, 1.82) is 0 Å². The molecule has 0 bridgehead atoms. The van der Waals surface area contributed by atoms with Gasteiger partial charge in [-0.3, -0.25) is 10.0 Å². The lowest BCUT2D eigenvalue weighted by molar-refractivity contribution is -0.124. The van der Waals surface area contributed by atoms with E-state index in [2.05, 4.69) is 0 Å². The second kappa shape index (κ2) is 6.88. The third kappa shape index (κ3) is 4.24.